The Kier molecular flexibility index (Phi) is 17.3. The Hall–Kier alpha value is 0.177. The van der Waals surface area contributed by atoms with E-state index in [0.29, 0.717) is 0 Å². The Morgan fingerprint density at radius 1 is 0.611 bits per heavy atom. The van der Waals surface area contributed by atoms with Crippen molar-refractivity contribution in [2.45, 2.75) is 96.9 Å². The lowest BCUT2D eigenvalue weighted by Gasteiger charge is -2.03. The molecule has 0 N–H and O–H groups in total. The van der Waals surface area contributed by atoms with E-state index in [1.54, 1.807) is 0 Å². The minimum atomic E-state index is 0.754. The van der Waals surface area contributed by atoms with Gasteiger partial charge in [-0.15, -0.1) is 0 Å². The van der Waals surface area contributed by atoms with Gasteiger partial charge >= 0.3 is 0 Å². The molecule has 0 heterocycles. The molecule has 0 aliphatic heterocycles. The molecule has 0 atom stereocenters. The molecule has 0 amide bonds. The van der Waals surface area contributed by atoms with Crippen LogP contribution in [0.15, 0.2) is 0 Å². The van der Waals surface area contributed by atoms with Crippen LogP contribution in [0.2, 0.25) is 6.04 Å². The summed E-state index contributed by atoms with van der Waals surface area (Å²) in [7, 11) is 0.754. The maximum Gasteiger partial charge on any atom is 0.229 e. The molecule has 0 spiro atoms. The molecule has 2 heteroatoms. The molecule has 0 aromatic carbocycles. The Balaban J connectivity index is 2.86. The van der Waals surface area contributed by atoms with Crippen LogP contribution in [0.5, 0.6) is 0 Å². The lowest BCUT2D eigenvalue weighted by atomic mass is 10.1. The molecule has 0 fully saturated rings. The van der Waals surface area contributed by atoms with Crippen molar-refractivity contribution in [3.63, 3.8) is 0 Å². The predicted molar refractivity (Wildman–Crippen MR) is 83.3 cm³/mol. The molecule has 2 radical (unpaired) electrons. The quantitative estimate of drug-likeness (QED) is 0.271. The summed E-state index contributed by atoms with van der Waals surface area (Å²) in [5.41, 5.74) is 0. The van der Waals surface area contributed by atoms with Crippen LogP contribution in [0.4, 0.5) is 0 Å². The van der Waals surface area contributed by atoms with Gasteiger partial charge in [0.25, 0.3) is 0 Å². The summed E-state index contributed by atoms with van der Waals surface area (Å²) in [6, 6.07) is 1.28. The van der Waals surface area contributed by atoms with Crippen LogP contribution in [0, 0.1) is 0 Å². The second kappa shape index (κ2) is 17.2. The van der Waals surface area contributed by atoms with Crippen LogP contribution in [-0.4, -0.2) is 16.4 Å². The molecule has 0 saturated heterocycles. The monoisotopic (exact) mass is 270 g/mol. The smallest absolute Gasteiger partial charge is 0.229 e. The Bertz CT molecular complexity index is 123. The fraction of sp³-hybridized carbons (Fsp3) is 1.00. The largest absolute Gasteiger partial charge is 0.417 e. The van der Waals surface area contributed by atoms with Gasteiger partial charge in [0, 0.05) is 6.61 Å². The van der Waals surface area contributed by atoms with Gasteiger partial charge in [-0.05, 0) is 12.5 Å². The highest BCUT2D eigenvalue weighted by molar-refractivity contribution is 6.26. The van der Waals surface area contributed by atoms with Crippen LogP contribution in [0.25, 0.3) is 0 Å². The molecular weight excluding hydrogens is 236 g/mol. The fourth-order valence-corrected chi connectivity index (χ4v) is 2.90. The van der Waals surface area contributed by atoms with E-state index in [0.717, 1.165) is 16.4 Å². The summed E-state index contributed by atoms with van der Waals surface area (Å²) in [6.45, 7) is 5.54. The molecule has 0 bridgehead atoms. The summed E-state index contributed by atoms with van der Waals surface area (Å²) in [6.07, 6.45) is 16.6. The van der Waals surface area contributed by atoms with E-state index in [1.165, 1.54) is 83.1 Å². The Morgan fingerprint density at radius 3 is 1.72 bits per heavy atom. The van der Waals surface area contributed by atoms with Crippen molar-refractivity contribution in [1.29, 1.82) is 0 Å². The van der Waals surface area contributed by atoms with Gasteiger partial charge < -0.3 is 4.43 Å². The fourth-order valence-electron chi connectivity index (χ4n) is 2.08. The first-order valence-corrected chi connectivity index (χ1v) is 9.38. The van der Waals surface area contributed by atoms with Crippen molar-refractivity contribution in [2.24, 2.45) is 0 Å². The van der Waals surface area contributed by atoms with E-state index in [-0.39, 0.29) is 0 Å². The minimum absolute atomic E-state index is 0.754. The standard InChI is InChI=1S/C16H34OSi/c1-3-5-7-8-9-10-11-12-13-15-17-18-16-14-6-4-2/h3-16H2,1-2H3. The van der Waals surface area contributed by atoms with Crippen molar-refractivity contribution in [3.8, 4) is 0 Å². The van der Waals surface area contributed by atoms with E-state index in [1.807, 2.05) is 0 Å². The molecule has 0 rings (SSSR count). The second-order valence-corrected chi connectivity index (χ2v) is 6.36. The van der Waals surface area contributed by atoms with Gasteiger partial charge in [-0.25, -0.2) is 0 Å². The third-order valence-electron chi connectivity index (χ3n) is 3.33. The molecule has 0 aromatic heterocycles. The lowest BCUT2D eigenvalue weighted by molar-refractivity contribution is 0.319. The van der Waals surface area contributed by atoms with Gasteiger partial charge in [0.05, 0.1) is 0 Å². The molecule has 18 heavy (non-hydrogen) atoms. The molecule has 108 valence electrons. The van der Waals surface area contributed by atoms with E-state index >= 15 is 0 Å². The SMILES string of the molecule is CCCCCCCCCCCO[Si]CCCCC. The molecule has 0 aromatic rings. The van der Waals surface area contributed by atoms with Crippen LogP contribution >= 0.6 is 0 Å². The second-order valence-electron chi connectivity index (χ2n) is 5.28. The number of unbranched alkanes of at least 4 members (excludes halogenated alkanes) is 10. The molecular formula is C16H34OSi. The average molecular weight is 271 g/mol. The maximum absolute atomic E-state index is 5.67. The normalized spacial score (nSPS) is 11.0. The summed E-state index contributed by atoms with van der Waals surface area (Å²) in [5, 5.41) is 0. The highest BCUT2D eigenvalue weighted by atomic mass is 28.2. The van der Waals surface area contributed by atoms with E-state index in [4.69, 9.17) is 4.43 Å². The first kappa shape index (κ1) is 18.2. The van der Waals surface area contributed by atoms with Crippen molar-refractivity contribution < 1.29 is 4.43 Å². The molecule has 0 unspecified atom stereocenters. The van der Waals surface area contributed by atoms with Gasteiger partial charge in [-0.1, -0.05) is 84.5 Å². The zero-order valence-electron chi connectivity index (χ0n) is 12.8. The van der Waals surface area contributed by atoms with Gasteiger partial charge in [0.2, 0.25) is 9.76 Å². The summed E-state index contributed by atoms with van der Waals surface area (Å²) < 4.78 is 5.67. The third kappa shape index (κ3) is 16.2. The first-order chi connectivity index (χ1) is 8.91. The topological polar surface area (TPSA) is 9.23 Å². The third-order valence-corrected chi connectivity index (χ3v) is 4.30. The van der Waals surface area contributed by atoms with E-state index < -0.39 is 0 Å². The van der Waals surface area contributed by atoms with Crippen molar-refractivity contribution in [1.82, 2.24) is 0 Å². The summed E-state index contributed by atoms with van der Waals surface area (Å²) in [4.78, 5) is 0. The average Bonchev–Trinajstić information content (AvgIpc) is 2.39. The number of hydrogen-bond acceptors (Lipinski definition) is 1. The molecule has 0 aliphatic rings. The highest BCUT2D eigenvalue weighted by Crippen LogP contribution is 2.09. The molecule has 0 saturated carbocycles. The minimum Gasteiger partial charge on any atom is -0.417 e. The summed E-state index contributed by atoms with van der Waals surface area (Å²) in [5.74, 6) is 0. The zero-order valence-corrected chi connectivity index (χ0v) is 13.8. The Labute approximate surface area is 118 Å². The van der Waals surface area contributed by atoms with Crippen molar-refractivity contribution in [3.05, 3.63) is 0 Å². The predicted octanol–water partition coefficient (Wildman–Crippen LogP) is 5.76. The Morgan fingerprint density at radius 2 is 1.11 bits per heavy atom. The maximum atomic E-state index is 5.67. The van der Waals surface area contributed by atoms with Gasteiger partial charge in [-0.3, -0.25) is 0 Å². The summed E-state index contributed by atoms with van der Waals surface area (Å²) >= 11 is 0. The van der Waals surface area contributed by atoms with Crippen LogP contribution in [-0.2, 0) is 4.43 Å². The first-order valence-electron chi connectivity index (χ1n) is 8.26. The van der Waals surface area contributed by atoms with Gasteiger partial charge in [0.1, 0.15) is 0 Å². The van der Waals surface area contributed by atoms with Crippen molar-refractivity contribution >= 4 is 9.76 Å². The highest BCUT2D eigenvalue weighted by Gasteiger charge is 1.94. The van der Waals surface area contributed by atoms with Gasteiger partial charge in [-0.2, -0.15) is 0 Å². The van der Waals surface area contributed by atoms with Crippen LogP contribution < -0.4 is 0 Å². The lowest BCUT2D eigenvalue weighted by Crippen LogP contribution is -2.00. The number of rotatable bonds is 15. The van der Waals surface area contributed by atoms with Crippen LogP contribution in [0.3, 0.4) is 0 Å². The van der Waals surface area contributed by atoms with E-state index in [2.05, 4.69) is 13.8 Å². The number of hydrogen-bond donors (Lipinski definition) is 0. The van der Waals surface area contributed by atoms with Crippen LogP contribution in [0.1, 0.15) is 90.9 Å². The van der Waals surface area contributed by atoms with E-state index in [9.17, 15) is 0 Å². The molecule has 1 nitrogen and oxygen atoms in total. The van der Waals surface area contributed by atoms with Crippen molar-refractivity contribution in [2.75, 3.05) is 6.61 Å². The van der Waals surface area contributed by atoms with Gasteiger partial charge in [0.15, 0.2) is 0 Å². The zero-order chi connectivity index (χ0) is 13.3. The molecule has 0 aliphatic carbocycles.